The number of halogens is 1. The van der Waals surface area contributed by atoms with E-state index in [1.165, 1.54) is 0 Å². The van der Waals surface area contributed by atoms with Gasteiger partial charge in [-0.25, -0.2) is 9.37 Å². The summed E-state index contributed by atoms with van der Waals surface area (Å²) >= 11 is 0. The second kappa shape index (κ2) is 9.00. The molecule has 4 aliphatic rings. The number of nitrogens with one attached hydrogen (secondary N) is 1. The predicted molar refractivity (Wildman–Crippen MR) is 137 cm³/mol. The number of ether oxygens (including phenoxy) is 2. The van der Waals surface area contributed by atoms with Gasteiger partial charge in [0.2, 0.25) is 5.95 Å². The molecule has 7 rings (SSSR count). The van der Waals surface area contributed by atoms with E-state index < -0.39 is 11.7 Å². The second-order valence-electron chi connectivity index (χ2n) is 11.0. The van der Waals surface area contributed by atoms with Crippen molar-refractivity contribution in [3.63, 3.8) is 0 Å². The highest BCUT2D eigenvalue weighted by Gasteiger charge is 2.52. The zero-order valence-electron chi connectivity index (χ0n) is 21.2. The van der Waals surface area contributed by atoms with Crippen molar-refractivity contribution in [1.29, 1.82) is 0 Å². The summed E-state index contributed by atoms with van der Waals surface area (Å²) in [5.41, 5.74) is 1.65. The fourth-order valence-corrected chi connectivity index (χ4v) is 6.16. The zero-order chi connectivity index (χ0) is 25.9. The lowest BCUT2D eigenvalue weighted by molar-refractivity contribution is 0.0383. The molecule has 1 aliphatic carbocycles. The Morgan fingerprint density at radius 2 is 1.89 bits per heavy atom. The van der Waals surface area contributed by atoms with E-state index in [4.69, 9.17) is 9.47 Å². The zero-order valence-corrected chi connectivity index (χ0v) is 21.2. The van der Waals surface area contributed by atoms with E-state index in [1.807, 2.05) is 13.0 Å². The number of phenols is 1. The normalized spacial score (nSPS) is 28.1. The highest BCUT2D eigenvalue weighted by Crippen LogP contribution is 2.42. The van der Waals surface area contributed by atoms with Gasteiger partial charge in [-0.15, -0.1) is 20.4 Å². The number of alkyl halides is 1. The number of hydrogen-bond donors (Lipinski definition) is 2. The summed E-state index contributed by atoms with van der Waals surface area (Å²) in [6.07, 6.45) is 6.32. The maximum atomic E-state index is 15.9. The van der Waals surface area contributed by atoms with Crippen LogP contribution >= 0.6 is 0 Å². The Morgan fingerprint density at radius 1 is 1.05 bits per heavy atom. The van der Waals surface area contributed by atoms with E-state index >= 15 is 4.39 Å². The second-order valence-corrected chi connectivity index (χ2v) is 11.0. The molecule has 38 heavy (non-hydrogen) atoms. The van der Waals surface area contributed by atoms with Gasteiger partial charge in [-0.2, -0.15) is 0 Å². The van der Waals surface area contributed by atoms with E-state index in [1.54, 1.807) is 24.4 Å². The summed E-state index contributed by atoms with van der Waals surface area (Å²) in [6, 6.07) is 7.20. The number of benzene rings is 1. The van der Waals surface area contributed by atoms with Crippen LogP contribution in [0.15, 0.2) is 30.5 Å². The van der Waals surface area contributed by atoms with Gasteiger partial charge in [0.1, 0.15) is 30.8 Å². The monoisotopic (exact) mass is 519 g/mol. The third kappa shape index (κ3) is 4.09. The predicted octanol–water partition coefficient (Wildman–Crippen LogP) is 3.45. The fraction of sp³-hybridized carbons (Fsp3) is 0.519. The van der Waals surface area contributed by atoms with Gasteiger partial charge in [-0.1, -0.05) is 6.07 Å². The summed E-state index contributed by atoms with van der Waals surface area (Å²) in [7, 11) is 0. The molecule has 198 valence electrons. The lowest BCUT2D eigenvalue weighted by Gasteiger charge is -2.52. The molecule has 3 fully saturated rings. The van der Waals surface area contributed by atoms with Gasteiger partial charge >= 0.3 is 0 Å². The molecule has 2 aromatic heterocycles. The molecule has 0 spiro atoms. The van der Waals surface area contributed by atoms with Crippen molar-refractivity contribution in [1.82, 2.24) is 30.7 Å². The van der Waals surface area contributed by atoms with Gasteiger partial charge < -0.3 is 24.8 Å². The first-order valence-corrected chi connectivity index (χ1v) is 13.4. The molecule has 0 radical (unpaired) electrons. The molecule has 5 heterocycles. The van der Waals surface area contributed by atoms with Gasteiger partial charge in [0.05, 0.1) is 17.9 Å². The van der Waals surface area contributed by atoms with Crippen LogP contribution in [-0.2, 0) is 0 Å². The molecular weight excluding hydrogens is 489 g/mol. The lowest BCUT2D eigenvalue weighted by atomic mass is 9.73. The van der Waals surface area contributed by atoms with E-state index in [0.717, 1.165) is 38.5 Å². The van der Waals surface area contributed by atoms with Crippen LogP contribution in [0.25, 0.3) is 22.5 Å². The summed E-state index contributed by atoms with van der Waals surface area (Å²) in [4.78, 5) is 6.69. The highest BCUT2D eigenvalue weighted by molar-refractivity contribution is 5.73. The minimum Gasteiger partial charge on any atom is -0.507 e. The maximum Gasteiger partial charge on any atom is 0.276 e. The third-order valence-corrected chi connectivity index (χ3v) is 8.21. The van der Waals surface area contributed by atoms with E-state index in [0.29, 0.717) is 59.3 Å². The van der Waals surface area contributed by atoms with E-state index in [9.17, 15) is 5.11 Å². The minimum atomic E-state index is -1.01. The van der Waals surface area contributed by atoms with Crippen molar-refractivity contribution >= 4 is 5.95 Å². The molecule has 3 aliphatic heterocycles. The molecule has 0 unspecified atom stereocenters. The van der Waals surface area contributed by atoms with Gasteiger partial charge in [-0.3, -0.25) is 0 Å². The summed E-state index contributed by atoms with van der Waals surface area (Å²) in [6.45, 7) is 2.90. The number of hydrogen-bond acceptors (Lipinski definition) is 10. The molecule has 2 bridgehead atoms. The summed E-state index contributed by atoms with van der Waals surface area (Å²) < 4.78 is 26.9. The van der Waals surface area contributed by atoms with Crippen LogP contribution in [0.5, 0.6) is 17.4 Å². The third-order valence-electron chi connectivity index (χ3n) is 8.21. The molecule has 2 saturated heterocycles. The topological polar surface area (TPSA) is 118 Å². The number of piperidine rings is 2. The molecule has 10 nitrogen and oxygen atoms in total. The van der Waals surface area contributed by atoms with Gasteiger partial charge in [-0.05, 0) is 57.6 Å². The molecule has 1 saturated carbocycles. The number of anilines is 1. The smallest absolute Gasteiger partial charge is 0.276 e. The fourth-order valence-electron chi connectivity index (χ4n) is 6.16. The summed E-state index contributed by atoms with van der Waals surface area (Å²) in [5.74, 6) is 1.36. The van der Waals surface area contributed by atoms with E-state index in [2.05, 4.69) is 35.6 Å². The van der Waals surface area contributed by atoms with Crippen LogP contribution in [-0.4, -0.2) is 73.5 Å². The standard InChI is InChI=1S/C27H30FN7O3/c1-27-8-2-3-16(30-27)12-21(24(27)28)35(17-5-6-17)26-29-14-20(32-34-26)18-7-4-15(11-22(18)36)19-13-23-25(33-31-19)38-10-9-37-23/h4,7,11,13-14,16-17,21,24,30,36H,2-3,5-6,8-10,12H2,1H3/t16-,21+,24+,27-/m0/s1. The quantitative estimate of drug-likeness (QED) is 0.519. The van der Waals surface area contributed by atoms with Crippen molar-refractivity contribution < 1.29 is 19.0 Å². The maximum absolute atomic E-state index is 15.9. The average Bonchev–Trinajstić information content (AvgIpc) is 3.77. The van der Waals surface area contributed by atoms with Crippen LogP contribution in [0.1, 0.15) is 45.4 Å². The van der Waals surface area contributed by atoms with Crippen molar-refractivity contribution in [2.45, 2.75) is 75.3 Å². The SMILES string of the molecule is C[C@]12CCC[C@@H](C[C@@H](N(c3ncc(-c4ccc(-c5cc6c(nn5)OCCO6)cc4O)nn3)C3CC3)[C@H]1F)N2. The Hall–Kier alpha value is -3.60. The molecule has 11 heteroatoms. The first kappa shape index (κ1) is 23.5. The molecule has 2 N–H and O–H groups in total. The molecule has 1 aromatic carbocycles. The number of phenolic OH excluding ortho intramolecular Hbond substituents is 1. The van der Waals surface area contributed by atoms with Crippen molar-refractivity contribution in [2.75, 3.05) is 18.1 Å². The molecule has 0 amide bonds. The Morgan fingerprint density at radius 3 is 2.68 bits per heavy atom. The number of rotatable bonds is 5. The largest absolute Gasteiger partial charge is 0.507 e. The molecular formula is C27H30FN7O3. The number of nitrogens with zero attached hydrogens (tertiary/aromatic N) is 6. The molecule has 4 atom stereocenters. The molecule has 3 aromatic rings. The number of aromatic hydroxyl groups is 1. The van der Waals surface area contributed by atoms with Crippen molar-refractivity contribution in [3.8, 4) is 39.9 Å². The van der Waals surface area contributed by atoms with Gasteiger partial charge in [0, 0.05) is 34.8 Å². The van der Waals surface area contributed by atoms with Crippen LogP contribution in [0, 0.1) is 0 Å². The number of aromatic nitrogens is 5. The van der Waals surface area contributed by atoms with Gasteiger partial charge in [0.15, 0.2) is 5.75 Å². The van der Waals surface area contributed by atoms with Crippen molar-refractivity contribution in [2.24, 2.45) is 0 Å². The lowest BCUT2D eigenvalue weighted by Crippen LogP contribution is -2.69. The van der Waals surface area contributed by atoms with E-state index in [-0.39, 0.29) is 17.8 Å². The average molecular weight is 520 g/mol. The Bertz CT molecular complexity index is 1350. The summed E-state index contributed by atoms with van der Waals surface area (Å²) in [5, 5.41) is 31.4. The first-order chi connectivity index (χ1) is 18.5. The van der Waals surface area contributed by atoms with Crippen LogP contribution in [0.2, 0.25) is 0 Å². The van der Waals surface area contributed by atoms with Gasteiger partial charge in [0.25, 0.3) is 5.88 Å². The van der Waals surface area contributed by atoms with Crippen LogP contribution in [0.3, 0.4) is 0 Å². The van der Waals surface area contributed by atoms with Crippen LogP contribution < -0.4 is 19.7 Å². The Balaban J connectivity index is 1.14. The minimum absolute atomic E-state index is 0.0185. The Kier molecular flexibility index (Phi) is 5.57. The van der Waals surface area contributed by atoms with Crippen LogP contribution in [0.4, 0.5) is 10.3 Å². The first-order valence-electron chi connectivity index (χ1n) is 13.4. The Labute approximate surface area is 219 Å². The van der Waals surface area contributed by atoms with Crippen molar-refractivity contribution in [3.05, 3.63) is 30.5 Å². The highest BCUT2D eigenvalue weighted by atomic mass is 19.1. The number of fused-ring (bicyclic) bond motifs is 3.